The van der Waals surface area contributed by atoms with Crippen LogP contribution < -0.4 is 14.8 Å². The van der Waals surface area contributed by atoms with Crippen LogP contribution >= 0.6 is 0 Å². The Morgan fingerprint density at radius 1 is 1.00 bits per heavy atom. The van der Waals surface area contributed by atoms with Gasteiger partial charge in [0.1, 0.15) is 11.0 Å². The summed E-state index contributed by atoms with van der Waals surface area (Å²) < 4.78 is 15.3. The zero-order valence-corrected chi connectivity index (χ0v) is 15.7. The number of carbonyl (C=O) groups excluding carboxylic acids is 2. The molecule has 1 atom stereocenters. The van der Waals surface area contributed by atoms with Gasteiger partial charge in [0.25, 0.3) is 5.91 Å². The number of methoxy groups -OCH3 is 3. The Bertz CT molecular complexity index is 1000. The van der Waals surface area contributed by atoms with Crippen molar-refractivity contribution in [2.24, 2.45) is 0 Å². The summed E-state index contributed by atoms with van der Waals surface area (Å²) in [6.07, 6.45) is -0.0378. The van der Waals surface area contributed by atoms with Gasteiger partial charge in [0, 0.05) is 5.56 Å². The normalized spacial score (nSPS) is 11.7. The maximum absolute atomic E-state index is 12.8. The first-order valence-electron chi connectivity index (χ1n) is 8.46. The van der Waals surface area contributed by atoms with Crippen LogP contribution in [0.15, 0.2) is 36.4 Å². The molecule has 3 rings (SSSR count). The number of hydrogen-bond acceptors (Lipinski definition) is 7. The average molecular weight is 384 g/mol. The van der Waals surface area contributed by atoms with Crippen molar-refractivity contribution >= 4 is 22.9 Å². The van der Waals surface area contributed by atoms with Crippen LogP contribution in [-0.2, 0) is 9.53 Å². The van der Waals surface area contributed by atoms with Crippen molar-refractivity contribution in [3.8, 4) is 11.5 Å². The average Bonchev–Trinajstić information content (AvgIpc) is 3.20. The van der Waals surface area contributed by atoms with Gasteiger partial charge in [-0.15, -0.1) is 0 Å². The Hall–Kier alpha value is -3.62. The summed E-state index contributed by atoms with van der Waals surface area (Å²) in [5, 5.41) is 13.3. The minimum atomic E-state index is -0.618. The number of H-pyrrole nitrogens is 1. The highest BCUT2D eigenvalue weighted by Gasteiger charge is 2.21. The van der Waals surface area contributed by atoms with Gasteiger partial charge in [-0.3, -0.25) is 9.59 Å². The molecule has 0 saturated carbocycles. The van der Waals surface area contributed by atoms with Crippen molar-refractivity contribution in [2.45, 2.75) is 12.5 Å². The molecular weight excluding hydrogens is 364 g/mol. The summed E-state index contributed by atoms with van der Waals surface area (Å²) in [6, 6.07) is 9.53. The van der Waals surface area contributed by atoms with Gasteiger partial charge in [-0.25, -0.2) is 0 Å². The first kappa shape index (κ1) is 19.2. The van der Waals surface area contributed by atoms with E-state index in [1.54, 1.807) is 36.4 Å². The molecule has 0 aliphatic heterocycles. The van der Waals surface area contributed by atoms with Crippen LogP contribution in [-0.4, -0.2) is 48.6 Å². The van der Waals surface area contributed by atoms with Gasteiger partial charge in [0.2, 0.25) is 0 Å². The van der Waals surface area contributed by atoms with E-state index >= 15 is 0 Å². The molecule has 0 aliphatic rings. The number of nitrogens with one attached hydrogen (secondary N) is 2. The second-order valence-electron chi connectivity index (χ2n) is 5.95. The van der Waals surface area contributed by atoms with E-state index in [2.05, 4.69) is 20.7 Å². The fraction of sp³-hybridized carbons (Fsp3) is 0.263. The van der Waals surface area contributed by atoms with E-state index in [1.165, 1.54) is 21.3 Å². The molecule has 146 valence electrons. The number of hydrogen-bond donors (Lipinski definition) is 2. The van der Waals surface area contributed by atoms with Gasteiger partial charge < -0.3 is 19.5 Å². The Morgan fingerprint density at radius 2 is 1.75 bits per heavy atom. The van der Waals surface area contributed by atoms with E-state index < -0.39 is 12.0 Å². The summed E-state index contributed by atoms with van der Waals surface area (Å²) in [5.41, 5.74) is 2.31. The van der Waals surface area contributed by atoms with Crippen LogP contribution in [0.25, 0.3) is 11.0 Å². The lowest BCUT2D eigenvalue weighted by molar-refractivity contribution is -0.141. The molecule has 1 unspecified atom stereocenters. The van der Waals surface area contributed by atoms with Crippen LogP contribution in [0.2, 0.25) is 0 Å². The second kappa shape index (κ2) is 8.38. The van der Waals surface area contributed by atoms with Crippen molar-refractivity contribution in [3.63, 3.8) is 0 Å². The zero-order valence-electron chi connectivity index (χ0n) is 15.7. The third-order valence-corrected chi connectivity index (χ3v) is 4.29. The van der Waals surface area contributed by atoms with E-state index in [4.69, 9.17) is 14.2 Å². The monoisotopic (exact) mass is 384 g/mol. The lowest BCUT2D eigenvalue weighted by Crippen LogP contribution is -2.30. The van der Waals surface area contributed by atoms with Crippen LogP contribution in [0.5, 0.6) is 11.5 Å². The topological polar surface area (TPSA) is 115 Å². The van der Waals surface area contributed by atoms with Crippen LogP contribution in [0.1, 0.15) is 28.4 Å². The summed E-state index contributed by atoms with van der Waals surface area (Å²) in [6.45, 7) is 0. The third-order valence-electron chi connectivity index (χ3n) is 4.29. The number of nitrogens with zero attached hydrogens (tertiary/aromatic N) is 2. The quantitative estimate of drug-likeness (QED) is 0.599. The van der Waals surface area contributed by atoms with Crippen LogP contribution in [0, 0.1) is 0 Å². The predicted octanol–water partition coefficient (Wildman–Crippen LogP) is 2.01. The van der Waals surface area contributed by atoms with Gasteiger partial charge in [-0.2, -0.15) is 15.4 Å². The molecular formula is C19H20N4O5. The lowest BCUT2D eigenvalue weighted by Gasteiger charge is -2.20. The van der Waals surface area contributed by atoms with Gasteiger partial charge >= 0.3 is 5.97 Å². The molecule has 0 aliphatic carbocycles. The molecule has 0 radical (unpaired) electrons. The first-order chi connectivity index (χ1) is 13.5. The van der Waals surface area contributed by atoms with Gasteiger partial charge in [-0.1, -0.05) is 6.07 Å². The molecule has 3 aromatic rings. The van der Waals surface area contributed by atoms with Crippen LogP contribution in [0.4, 0.5) is 0 Å². The Morgan fingerprint density at radius 3 is 2.46 bits per heavy atom. The Labute approximate surface area is 161 Å². The molecule has 2 aromatic carbocycles. The largest absolute Gasteiger partial charge is 0.493 e. The smallest absolute Gasteiger partial charge is 0.307 e. The highest BCUT2D eigenvalue weighted by atomic mass is 16.5. The molecule has 9 heteroatoms. The number of esters is 1. The zero-order chi connectivity index (χ0) is 20.1. The number of fused-ring (bicyclic) bond motifs is 1. The number of benzene rings is 2. The summed E-state index contributed by atoms with van der Waals surface area (Å²) in [5.74, 6) is 0.236. The van der Waals surface area contributed by atoms with E-state index in [0.29, 0.717) is 33.7 Å². The van der Waals surface area contributed by atoms with Crippen molar-refractivity contribution in [3.05, 3.63) is 47.5 Å². The number of aromatic nitrogens is 3. The predicted molar refractivity (Wildman–Crippen MR) is 100 cm³/mol. The lowest BCUT2D eigenvalue weighted by atomic mass is 10.0. The van der Waals surface area contributed by atoms with E-state index in [0.717, 1.165) is 0 Å². The molecule has 0 spiro atoms. The van der Waals surface area contributed by atoms with Crippen molar-refractivity contribution in [1.29, 1.82) is 0 Å². The molecule has 0 fully saturated rings. The van der Waals surface area contributed by atoms with Gasteiger partial charge in [-0.05, 0) is 35.9 Å². The summed E-state index contributed by atoms with van der Waals surface area (Å²) in [4.78, 5) is 24.6. The van der Waals surface area contributed by atoms with Crippen molar-refractivity contribution in [1.82, 2.24) is 20.7 Å². The number of rotatable bonds is 7. The fourth-order valence-electron chi connectivity index (χ4n) is 2.79. The number of aromatic amines is 1. The molecule has 0 saturated heterocycles. The van der Waals surface area contributed by atoms with E-state index in [1.807, 2.05) is 0 Å². The van der Waals surface area contributed by atoms with Gasteiger partial charge in [0.05, 0.1) is 33.8 Å². The SMILES string of the molecule is COC(=O)CC(NC(=O)c1ccc2n[nH]nc2c1)c1ccc(OC)c(OC)c1. The third kappa shape index (κ3) is 4.03. The molecule has 0 bridgehead atoms. The van der Waals surface area contributed by atoms with Crippen molar-refractivity contribution < 1.29 is 23.8 Å². The Balaban J connectivity index is 1.89. The van der Waals surface area contributed by atoms with E-state index in [9.17, 15) is 9.59 Å². The Kier molecular flexibility index (Phi) is 5.73. The summed E-state index contributed by atoms with van der Waals surface area (Å²) >= 11 is 0. The minimum absolute atomic E-state index is 0.0378. The first-order valence-corrected chi connectivity index (χ1v) is 8.46. The molecule has 9 nitrogen and oxygen atoms in total. The minimum Gasteiger partial charge on any atom is -0.493 e. The fourth-order valence-corrected chi connectivity index (χ4v) is 2.79. The standard InChI is InChI=1S/C19H20N4O5/c1-26-16-7-5-11(9-17(16)27-2)14(10-18(24)28-3)20-19(25)12-4-6-13-15(8-12)22-23-21-13/h4-9,14H,10H2,1-3H3,(H,20,25)(H,21,22,23). The number of ether oxygens (including phenoxy) is 3. The van der Waals surface area contributed by atoms with E-state index in [-0.39, 0.29) is 12.3 Å². The maximum Gasteiger partial charge on any atom is 0.307 e. The summed E-state index contributed by atoms with van der Waals surface area (Å²) in [7, 11) is 4.35. The molecule has 1 aromatic heterocycles. The maximum atomic E-state index is 12.8. The van der Waals surface area contributed by atoms with Crippen LogP contribution in [0.3, 0.4) is 0 Å². The highest BCUT2D eigenvalue weighted by molar-refractivity contribution is 5.97. The van der Waals surface area contributed by atoms with Crippen molar-refractivity contribution in [2.75, 3.05) is 21.3 Å². The molecule has 2 N–H and O–H groups in total. The molecule has 1 heterocycles. The molecule has 1 amide bonds. The second-order valence-corrected chi connectivity index (χ2v) is 5.95. The number of carbonyl (C=O) groups is 2. The molecule has 28 heavy (non-hydrogen) atoms. The number of amides is 1. The highest BCUT2D eigenvalue weighted by Crippen LogP contribution is 2.31. The van der Waals surface area contributed by atoms with Gasteiger partial charge in [0.15, 0.2) is 11.5 Å².